The third kappa shape index (κ3) is 6.48. The molecule has 1 saturated heterocycles. The fourth-order valence-corrected chi connectivity index (χ4v) is 6.30. The van der Waals surface area contributed by atoms with Crippen LogP contribution in [-0.4, -0.2) is 81.7 Å². The molecule has 2 fully saturated rings. The molecule has 0 N–H and O–H groups in total. The van der Waals surface area contributed by atoms with E-state index in [2.05, 4.69) is 22.2 Å². The van der Waals surface area contributed by atoms with Crippen LogP contribution in [0.15, 0.2) is 47.6 Å². The lowest BCUT2D eigenvalue weighted by Crippen LogP contribution is -2.50. The SMILES string of the molecule is CCc1cn(-c2cc(F)cc(C(=O)N3CCN(C(=O)c4ccc(O[C@H]5CC=NC5)c(C5CCC(C)CC5)c4)CC3)c2)nn1. The summed E-state index contributed by atoms with van der Waals surface area (Å²) in [5, 5.41) is 8.12. The molecule has 3 aromatic rings. The summed E-state index contributed by atoms with van der Waals surface area (Å²) in [5.74, 6) is 1.14. The topological polar surface area (TPSA) is 92.9 Å². The Morgan fingerprint density at radius 1 is 0.953 bits per heavy atom. The molecule has 3 aliphatic rings. The number of halogens is 1. The van der Waals surface area contributed by atoms with Gasteiger partial charge in [0.25, 0.3) is 11.8 Å². The van der Waals surface area contributed by atoms with Gasteiger partial charge in [0, 0.05) is 49.9 Å². The maximum Gasteiger partial charge on any atom is 0.254 e. The Morgan fingerprint density at radius 3 is 2.33 bits per heavy atom. The van der Waals surface area contributed by atoms with E-state index in [0.29, 0.717) is 56.3 Å². The van der Waals surface area contributed by atoms with Crippen molar-refractivity contribution in [1.29, 1.82) is 0 Å². The number of aromatic nitrogens is 3. The summed E-state index contributed by atoms with van der Waals surface area (Å²) in [6, 6.07) is 10.1. The first-order chi connectivity index (χ1) is 20.9. The average molecular weight is 587 g/mol. The number of rotatable bonds is 7. The number of benzene rings is 2. The first-order valence-corrected chi connectivity index (χ1v) is 15.5. The molecule has 2 aromatic carbocycles. The molecule has 1 saturated carbocycles. The Hall–Kier alpha value is -4.08. The van der Waals surface area contributed by atoms with Gasteiger partial charge in [0.05, 0.1) is 24.1 Å². The number of ether oxygens (including phenoxy) is 1. The Balaban J connectivity index is 1.13. The van der Waals surface area contributed by atoms with E-state index in [1.165, 1.54) is 29.7 Å². The summed E-state index contributed by atoms with van der Waals surface area (Å²) in [5.41, 5.74) is 3.25. The van der Waals surface area contributed by atoms with Crippen molar-refractivity contribution in [1.82, 2.24) is 24.8 Å². The quantitative estimate of drug-likeness (QED) is 0.385. The van der Waals surface area contributed by atoms with E-state index in [0.717, 1.165) is 42.2 Å². The zero-order chi connectivity index (χ0) is 29.9. The lowest BCUT2D eigenvalue weighted by atomic mass is 9.79. The van der Waals surface area contributed by atoms with E-state index in [9.17, 15) is 14.0 Å². The molecule has 3 heterocycles. The summed E-state index contributed by atoms with van der Waals surface area (Å²) in [6.45, 7) is 6.49. The highest BCUT2D eigenvalue weighted by atomic mass is 19.1. The molecular formula is C33H39FN6O3. The van der Waals surface area contributed by atoms with Gasteiger partial charge in [-0.1, -0.05) is 31.9 Å². The van der Waals surface area contributed by atoms with Crippen LogP contribution < -0.4 is 4.74 Å². The van der Waals surface area contributed by atoms with Crippen molar-refractivity contribution < 1.29 is 18.7 Å². The minimum atomic E-state index is -0.515. The molecule has 1 aromatic heterocycles. The van der Waals surface area contributed by atoms with Crippen LogP contribution in [0.1, 0.15) is 83.8 Å². The van der Waals surface area contributed by atoms with E-state index < -0.39 is 5.82 Å². The number of aliphatic imine (C=N–C) groups is 1. The van der Waals surface area contributed by atoms with Gasteiger partial charge < -0.3 is 14.5 Å². The largest absolute Gasteiger partial charge is 0.488 e. The van der Waals surface area contributed by atoms with Crippen molar-refractivity contribution in [2.45, 2.75) is 64.4 Å². The third-order valence-corrected chi connectivity index (χ3v) is 8.96. The molecule has 226 valence electrons. The van der Waals surface area contributed by atoms with Crippen LogP contribution in [0.25, 0.3) is 5.69 Å². The normalized spacial score (nSPS) is 22.2. The maximum absolute atomic E-state index is 14.5. The summed E-state index contributed by atoms with van der Waals surface area (Å²) in [6.07, 6.45) is 9.75. The molecule has 9 nitrogen and oxygen atoms in total. The van der Waals surface area contributed by atoms with Crippen LogP contribution in [-0.2, 0) is 6.42 Å². The maximum atomic E-state index is 14.5. The fraction of sp³-hybridized carbons (Fsp3) is 0.485. The summed E-state index contributed by atoms with van der Waals surface area (Å²) in [7, 11) is 0. The molecule has 0 spiro atoms. The standard InChI is InChI=1S/C33H39FN6O3/c1-3-27-21-40(37-36-27)28-17-25(16-26(34)19-28)33(42)39-14-12-38(13-15-39)32(41)24-8-9-31(43-29-10-11-35-20-29)30(18-24)23-6-4-22(2)5-7-23/h8-9,11,16-19,21-23,29H,3-7,10,12-15,20H2,1-2H3/t22?,23?,29-/m0/s1. The predicted molar refractivity (Wildman–Crippen MR) is 162 cm³/mol. The van der Waals surface area contributed by atoms with Crippen LogP contribution in [0.3, 0.4) is 0 Å². The van der Waals surface area contributed by atoms with Crippen LogP contribution in [0, 0.1) is 11.7 Å². The molecule has 43 heavy (non-hydrogen) atoms. The van der Waals surface area contributed by atoms with Crippen molar-refractivity contribution >= 4 is 18.0 Å². The predicted octanol–water partition coefficient (Wildman–Crippen LogP) is 5.08. The Labute approximate surface area is 251 Å². The molecular weight excluding hydrogens is 547 g/mol. The summed E-state index contributed by atoms with van der Waals surface area (Å²) >= 11 is 0. The summed E-state index contributed by atoms with van der Waals surface area (Å²) < 4.78 is 22.4. The number of carbonyl (C=O) groups is 2. The Kier molecular flexibility index (Phi) is 8.54. The van der Waals surface area contributed by atoms with Gasteiger partial charge in [-0.25, -0.2) is 9.07 Å². The molecule has 2 aliphatic heterocycles. The number of amides is 2. The third-order valence-electron chi connectivity index (χ3n) is 8.96. The van der Waals surface area contributed by atoms with Crippen LogP contribution in [0.5, 0.6) is 5.75 Å². The second-order valence-electron chi connectivity index (χ2n) is 12.0. The number of nitrogens with zero attached hydrogens (tertiary/aromatic N) is 6. The van der Waals surface area contributed by atoms with Crippen molar-refractivity contribution in [3.8, 4) is 11.4 Å². The Bertz CT molecular complexity index is 1500. The molecule has 0 bridgehead atoms. The highest BCUT2D eigenvalue weighted by Crippen LogP contribution is 2.40. The Morgan fingerprint density at radius 2 is 1.67 bits per heavy atom. The van der Waals surface area contributed by atoms with Crippen LogP contribution in [0.4, 0.5) is 4.39 Å². The van der Waals surface area contributed by atoms with Gasteiger partial charge in [-0.15, -0.1) is 5.10 Å². The van der Waals surface area contributed by atoms with Gasteiger partial charge >= 0.3 is 0 Å². The lowest BCUT2D eigenvalue weighted by molar-refractivity contribution is 0.0535. The van der Waals surface area contributed by atoms with Crippen molar-refractivity contribution in [3.05, 3.63) is 70.8 Å². The van der Waals surface area contributed by atoms with E-state index in [-0.39, 0.29) is 23.5 Å². The molecule has 1 atom stereocenters. The average Bonchev–Trinajstić information content (AvgIpc) is 3.73. The van der Waals surface area contributed by atoms with Gasteiger partial charge in [-0.05, 0) is 73.1 Å². The van der Waals surface area contributed by atoms with E-state index >= 15 is 0 Å². The highest BCUT2D eigenvalue weighted by Gasteiger charge is 2.29. The minimum absolute atomic E-state index is 0.0424. The number of carbonyl (C=O) groups excluding carboxylic acids is 2. The van der Waals surface area contributed by atoms with Crippen molar-refractivity contribution in [2.75, 3.05) is 32.7 Å². The molecule has 10 heteroatoms. The molecule has 6 rings (SSSR count). The molecule has 1 aliphatic carbocycles. The minimum Gasteiger partial charge on any atom is -0.488 e. The first-order valence-electron chi connectivity index (χ1n) is 15.5. The van der Waals surface area contributed by atoms with E-state index in [4.69, 9.17) is 4.74 Å². The second-order valence-corrected chi connectivity index (χ2v) is 12.0. The molecule has 0 unspecified atom stereocenters. The number of hydrogen-bond acceptors (Lipinski definition) is 6. The van der Waals surface area contributed by atoms with Crippen molar-refractivity contribution in [3.63, 3.8) is 0 Å². The van der Waals surface area contributed by atoms with Crippen molar-refractivity contribution in [2.24, 2.45) is 10.9 Å². The van der Waals surface area contributed by atoms with Crippen LogP contribution >= 0.6 is 0 Å². The van der Waals surface area contributed by atoms with Gasteiger partial charge in [-0.2, -0.15) is 0 Å². The number of aryl methyl sites for hydroxylation is 1. The van der Waals surface area contributed by atoms with Crippen LogP contribution in [0.2, 0.25) is 0 Å². The zero-order valence-corrected chi connectivity index (χ0v) is 24.9. The zero-order valence-electron chi connectivity index (χ0n) is 24.9. The van der Waals surface area contributed by atoms with Gasteiger partial charge in [0.2, 0.25) is 0 Å². The van der Waals surface area contributed by atoms with E-state index in [1.807, 2.05) is 31.3 Å². The van der Waals surface area contributed by atoms with Gasteiger partial charge in [0.15, 0.2) is 0 Å². The van der Waals surface area contributed by atoms with Gasteiger partial charge in [-0.3, -0.25) is 14.6 Å². The van der Waals surface area contributed by atoms with E-state index in [1.54, 1.807) is 22.1 Å². The second kappa shape index (κ2) is 12.7. The number of piperazine rings is 1. The van der Waals surface area contributed by atoms with Gasteiger partial charge in [0.1, 0.15) is 17.7 Å². The monoisotopic (exact) mass is 586 g/mol. The molecule has 0 radical (unpaired) electrons. The fourth-order valence-electron chi connectivity index (χ4n) is 6.30. The molecule has 2 amide bonds. The highest BCUT2D eigenvalue weighted by molar-refractivity contribution is 5.96. The smallest absolute Gasteiger partial charge is 0.254 e. The number of hydrogen-bond donors (Lipinski definition) is 0. The first kappa shape index (κ1) is 29.0. The summed E-state index contributed by atoms with van der Waals surface area (Å²) in [4.78, 5) is 34.8. The lowest BCUT2D eigenvalue weighted by Gasteiger charge is -2.35.